The molecule has 0 saturated heterocycles. The molecule has 4 aromatic heterocycles. The van der Waals surface area contributed by atoms with E-state index >= 15 is 0 Å². The lowest BCUT2D eigenvalue weighted by molar-refractivity contribution is 0.609. The Morgan fingerprint density at radius 2 is 2.17 bits per heavy atom. The van der Waals surface area contributed by atoms with E-state index in [9.17, 15) is 0 Å². The Morgan fingerprint density at radius 1 is 1.17 bits per heavy atom. The number of aromatic nitrogens is 6. The van der Waals surface area contributed by atoms with Crippen LogP contribution in [0.3, 0.4) is 0 Å². The van der Waals surface area contributed by atoms with Gasteiger partial charge in [0.1, 0.15) is 11.9 Å². The highest BCUT2D eigenvalue weighted by atomic mass is 15.3. The molecule has 5 heterocycles. The summed E-state index contributed by atoms with van der Waals surface area (Å²) in [6.07, 6.45) is 9.81. The fraction of sp³-hybridized carbons (Fsp3) is 0.176. The van der Waals surface area contributed by atoms with Gasteiger partial charge in [0.05, 0.1) is 29.4 Å². The summed E-state index contributed by atoms with van der Waals surface area (Å²) in [5.41, 5.74) is 4.20. The van der Waals surface area contributed by atoms with Gasteiger partial charge in [-0.2, -0.15) is 5.10 Å². The molecule has 0 saturated carbocycles. The molecule has 0 amide bonds. The van der Waals surface area contributed by atoms with Crippen LogP contribution in [0.2, 0.25) is 0 Å². The number of anilines is 1. The lowest BCUT2D eigenvalue weighted by atomic mass is 10.00. The molecule has 7 heteroatoms. The van der Waals surface area contributed by atoms with Crippen LogP contribution in [-0.2, 0) is 6.42 Å². The molecule has 1 aliphatic heterocycles. The number of imidazole rings is 1. The van der Waals surface area contributed by atoms with E-state index in [-0.39, 0.29) is 6.04 Å². The van der Waals surface area contributed by atoms with Crippen molar-refractivity contribution >= 4 is 11.3 Å². The first kappa shape index (κ1) is 13.2. The molecule has 0 spiro atoms. The predicted molar refractivity (Wildman–Crippen MR) is 88.7 cm³/mol. The number of aromatic amines is 1. The summed E-state index contributed by atoms with van der Waals surface area (Å²) in [6, 6.07) is 8.08. The topological polar surface area (TPSA) is 75.0 Å². The minimum Gasteiger partial charge on any atom is -0.348 e. The van der Waals surface area contributed by atoms with Gasteiger partial charge in [0.15, 0.2) is 0 Å². The van der Waals surface area contributed by atoms with E-state index in [0.29, 0.717) is 0 Å². The lowest BCUT2D eigenvalue weighted by Crippen LogP contribution is -2.37. The highest BCUT2D eigenvalue weighted by molar-refractivity contribution is 5.53. The molecule has 7 nitrogen and oxygen atoms in total. The van der Waals surface area contributed by atoms with Gasteiger partial charge in [-0.05, 0) is 18.2 Å². The van der Waals surface area contributed by atoms with Crippen molar-refractivity contribution in [2.45, 2.75) is 12.5 Å². The molecule has 0 unspecified atom stereocenters. The van der Waals surface area contributed by atoms with Crippen molar-refractivity contribution < 1.29 is 0 Å². The minimum absolute atomic E-state index is 0.0726. The first-order chi connectivity index (χ1) is 11.9. The Hall–Kier alpha value is -3.22. The molecule has 118 valence electrons. The first-order valence-corrected chi connectivity index (χ1v) is 7.89. The van der Waals surface area contributed by atoms with Gasteiger partial charge in [-0.3, -0.25) is 4.98 Å². The van der Waals surface area contributed by atoms with Crippen molar-refractivity contribution in [1.82, 2.24) is 29.5 Å². The molecular formula is C17H15N7. The number of rotatable bonds is 2. The second kappa shape index (κ2) is 5.16. The predicted octanol–water partition coefficient (Wildman–Crippen LogP) is 2.00. The maximum atomic E-state index is 4.76. The van der Waals surface area contributed by atoms with Crippen molar-refractivity contribution in [2.75, 3.05) is 11.4 Å². The second-order valence-electron chi connectivity index (χ2n) is 5.82. The van der Waals surface area contributed by atoms with Crippen LogP contribution in [0.25, 0.3) is 5.52 Å². The Balaban J connectivity index is 1.68. The largest absolute Gasteiger partial charge is 0.348 e. The minimum atomic E-state index is -0.0726. The molecule has 0 aliphatic carbocycles. The molecule has 0 fully saturated rings. The number of fused-ring (bicyclic) bond motifs is 2. The van der Waals surface area contributed by atoms with E-state index in [2.05, 4.69) is 37.0 Å². The van der Waals surface area contributed by atoms with E-state index in [1.807, 2.05) is 22.8 Å². The third-order valence-electron chi connectivity index (χ3n) is 4.44. The van der Waals surface area contributed by atoms with Gasteiger partial charge in [-0.15, -0.1) is 0 Å². The zero-order chi connectivity index (χ0) is 15.9. The molecule has 5 rings (SSSR count). The Bertz CT molecular complexity index is 955. The highest BCUT2D eigenvalue weighted by Gasteiger charge is 2.33. The van der Waals surface area contributed by atoms with Crippen LogP contribution in [0.1, 0.15) is 23.1 Å². The van der Waals surface area contributed by atoms with Gasteiger partial charge in [-0.25, -0.2) is 14.5 Å². The zero-order valence-electron chi connectivity index (χ0n) is 12.9. The smallest absolute Gasteiger partial charge is 0.147 e. The molecule has 1 atom stereocenters. The van der Waals surface area contributed by atoms with Gasteiger partial charge in [0.2, 0.25) is 0 Å². The lowest BCUT2D eigenvalue weighted by Gasteiger charge is -2.34. The Kier molecular flexibility index (Phi) is 2.84. The molecule has 0 aromatic carbocycles. The van der Waals surface area contributed by atoms with Gasteiger partial charge in [-0.1, -0.05) is 6.07 Å². The molecule has 24 heavy (non-hydrogen) atoms. The van der Waals surface area contributed by atoms with E-state index in [1.54, 1.807) is 24.9 Å². The van der Waals surface area contributed by atoms with Crippen molar-refractivity contribution in [3.63, 3.8) is 0 Å². The Labute approximate surface area is 138 Å². The first-order valence-electron chi connectivity index (χ1n) is 7.89. The van der Waals surface area contributed by atoms with Crippen LogP contribution >= 0.6 is 0 Å². The number of H-pyrrole nitrogens is 1. The molecule has 0 radical (unpaired) electrons. The normalized spacial score (nSPS) is 17.2. The summed E-state index contributed by atoms with van der Waals surface area (Å²) >= 11 is 0. The fourth-order valence-corrected chi connectivity index (χ4v) is 3.35. The molecule has 1 aliphatic rings. The summed E-state index contributed by atoms with van der Waals surface area (Å²) in [4.78, 5) is 18.7. The van der Waals surface area contributed by atoms with E-state index in [4.69, 9.17) is 5.10 Å². The van der Waals surface area contributed by atoms with E-state index in [1.165, 1.54) is 0 Å². The van der Waals surface area contributed by atoms with Crippen LogP contribution in [0, 0.1) is 0 Å². The van der Waals surface area contributed by atoms with Crippen LogP contribution in [0.4, 0.5) is 5.82 Å². The number of nitrogens with zero attached hydrogens (tertiary/aromatic N) is 6. The van der Waals surface area contributed by atoms with Crippen molar-refractivity contribution in [3.8, 4) is 0 Å². The summed E-state index contributed by atoms with van der Waals surface area (Å²) in [7, 11) is 0. The third kappa shape index (κ3) is 1.98. The van der Waals surface area contributed by atoms with Gasteiger partial charge >= 0.3 is 0 Å². The van der Waals surface area contributed by atoms with Gasteiger partial charge in [0.25, 0.3) is 0 Å². The maximum absolute atomic E-state index is 4.76. The molecule has 4 aromatic rings. The molecule has 1 N–H and O–H groups in total. The Morgan fingerprint density at radius 3 is 3.04 bits per heavy atom. The van der Waals surface area contributed by atoms with Gasteiger partial charge in [0, 0.05) is 37.3 Å². The number of nitrogens with one attached hydrogen (secondary N) is 1. The number of pyridine rings is 1. The van der Waals surface area contributed by atoms with Crippen molar-refractivity contribution in [1.29, 1.82) is 0 Å². The maximum Gasteiger partial charge on any atom is 0.147 e. The van der Waals surface area contributed by atoms with Crippen molar-refractivity contribution in [2.24, 2.45) is 0 Å². The van der Waals surface area contributed by atoms with E-state index in [0.717, 1.165) is 41.4 Å². The number of hydrogen-bond acceptors (Lipinski definition) is 5. The average molecular weight is 317 g/mol. The molecular weight excluding hydrogens is 302 g/mol. The second-order valence-corrected chi connectivity index (χ2v) is 5.82. The highest BCUT2D eigenvalue weighted by Crippen LogP contribution is 2.35. The summed E-state index contributed by atoms with van der Waals surface area (Å²) in [5, 5.41) is 4.76. The van der Waals surface area contributed by atoms with Crippen LogP contribution in [0.5, 0.6) is 0 Å². The summed E-state index contributed by atoms with van der Waals surface area (Å²) in [5.74, 6) is 0.841. The average Bonchev–Trinajstić information content (AvgIpc) is 3.28. The monoisotopic (exact) mass is 317 g/mol. The summed E-state index contributed by atoms with van der Waals surface area (Å²) in [6.45, 7) is 0.840. The fourth-order valence-electron chi connectivity index (χ4n) is 3.35. The SMILES string of the molecule is c1ccn2nc([C@@H]3c4nc[nH]c4CCN3c3cnccn3)cc2c1. The number of hydrogen-bond donors (Lipinski definition) is 1. The van der Waals surface area contributed by atoms with E-state index < -0.39 is 0 Å². The van der Waals surface area contributed by atoms with Crippen molar-refractivity contribution in [3.05, 3.63) is 72.5 Å². The van der Waals surface area contributed by atoms with Gasteiger partial charge < -0.3 is 9.88 Å². The van der Waals surface area contributed by atoms with Crippen LogP contribution < -0.4 is 4.90 Å². The standard InChI is InChI=1S/C17H15N7/c1-2-7-24-12(3-1)9-14(22-24)17-16-13(20-11-21-16)4-8-23(17)15-10-18-5-6-19-15/h1-3,5-7,9-11,17H,4,8H2,(H,20,21)/t17-/m1/s1. The summed E-state index contributed by atoms with van der Waals surface area (Å²) < 4.78 is 1.89. The molecule has 0 bridgehead atoms. The quantitative estimate of drug-likeness (QED) is 0.612. The van der Waals surface area contributed by atoms with Crippen LogP contribution in [-0.4, -0.2) is 36.1 Å². The zero-order valence-corrected chi connectivity index (χ0v) is 12.9. The van der Waals surface area contributed by atoms with Crippen LogP contribution in [0.15, 0.2) is 55.4 Å². The third-order valence-corrected chi connectivity index (χ3v) is 4.44.